The summed E-state index contributed by atoms with van der Waals surface area (Å²) in [5.74, 6) is -0.494. The Morgan fingerprint density at radius 2 is 2.30 bits per heavy atom. The Morgan fingerprint density at radius 3 is 2.80 bits per heavy atom. The lowest BCUT2D eigenvalue weighted by atomic mass is 10.3. The molecule has 1 rings (SSSR count). The number of aromatic nitrogens is 2. The third kappa shape index (κ3) is 5.16. The minimum atomic E-state index is -0.711. The number of carbonyl (C=O) groups excluding carboxylic acids is 2. The van der Waals surface area contributed by atoms with Gasteiger partial charge in [0.2, 0.25) is 5.91 Å². The van der Waals surface area contributed by atoms with Crippen LogP contribution in [0.2, 0.25) is 0 Å². The molecule has 1 amide bonds. The third-order valence-corrected chi connectivity index (χ3v) is 3.69. The Balaban J connectivity index is 2.44. The average Bonchev–Trinajstić information content (AvgIpc) is 2.73. The first kappa shape index (κ1) is 17.0. The minimum absolute atomic E-state index is 0.205. The predicted molar refractivity (Wildman–Crippen MR) is 81.7 cm³/mol. The molecule has 1 N–H and O–H groups in total. The van der Waals surface area contributed by atoms with E-state index in [1.807, 2.05) is 13.1 Å². The van der Waals surface area contributed by atoms with E-state index in [0.29, 0.717) is 6.54 Å². The van der Waals surface area contributed by atoms with Crippen molar-refractivity contribution in [2.24, 2.45) is 0 Å². The third-order valence-electron chi connectivity index (χ3n) is 2.54. The van der Waals surface area contributed by atoms with E-state index in [4.69, 9.17) is 4.74 Å². The summed E-state index contributed by atoms with van der Waals surface area (Å²) in [4.78, 5) is 23.3. The number of aryl methyl sites for hydroxylation is 2. The Morgan fingerprint density at radius 1 is 1.60 bits per heavy atom. The molecular formula is C12H18BrN3O3S. The maximum Gasteiger partial charge on any atom is 0.329 e. The highest BCUT2D eigenvalue weighted by Crippen LogP contribution is 2.13. The van der Waals surface area contributed by atoms with E-state index in [2.05, 4.69) is 39.0 Å². The van der Waals surface area contributed by atoms with Crippen LogP contribution < -0.4 is 5.32 Å². The van der Waals surface area contributed by atoms with Crippen LogP contribution in [0, 0.1) is 6.92 Å². The van der Waals surface area contributed by atoms with Crippen LogP contribution in [0.15, 0.2) is 10.7 Å². The largest absolute Gasteiger partial charge is 0.464 e. The zero-order chi connectivity index (χ0) is 15.1. The zero-order valence-electron chi connectivity index (χ0n) is 11.4. The van der Waals surface area contributed by atoms with Gasteiger partial charge in [-0.15, -0.1) is 0 Å². The monoisotopic (exact) mass is 363 g/mol. The molecule has 1 aromatic rings. The molecule has 0 bridgehead atoms. The highest BCUT2D eigenvalue weighted by atomic mass is 79.9. The number of carbonyl (C=O) groups is 2. The molecule has 0 unspecified atom stereocenters. The van der Waals surface area contributed by atoms with Crippen molar-refractivity contribution in [2.45, 2.75) is 32.9 Å². The molecule has 1 atom stereocenters. The molecular weight excluding hydrogens is 346 g/mol. The fraction of sp³-hybridized carbons (Fsp3) is 0.583. The predicted octanol–water partition coefficient (Wildman–Crippen LogP) is 1.32. The number of nitrogens with one attached hydrogen (secondary N) is 1. The van der Waals surface area contributed by atoms with Crippen molar-refractivity contribution in [1.29, 1.82) is 0 Å². The number of amides is 1. The van der Waals surface area contributed by atoms with Gasteiger partial charge in [0.05, 0.1) is 16.8 Å². The first-order valence-electron chi connectivity index (χ1n) is 6.24. The van der Waals surface area contributed by atoms with Gasteiger partial charge < -0.3 is 10.1 Å². The number of nitrogens with zero attached hydrogens (tertiary/aromatic N) is 2. The summed E-state index contributed by atoms with van der Waals surface area (Å²) in [6.07, 6.45) is 2.04. The summed E-state index contributed by atoms with van der Waals surface area (Å²) in [5, 5.41) is 6.83. The maximum absolute atomic E-state index is 11.8. The molecule has 0 fully saturated rings. The van der Waals surface area contributed by atoms with Crippen molar-refractivity contribution >= 4 is 40.4 Å². The summed E-state index contributed by atoms with van der Waals surface area (Å²) in [6.45, 7) is 4.31. The van der Waals surface area contributed by atoms with Crippen molar-refractivity contribution in [2.75, 3.05) is 12.4 Å². The van der Waals surface area contributed by atoms with Crippen molar-refractivity contribution in [3.63, 3.8) is 0 Å². The molecule has 0 spiro atoms. The normalized spacial score (nSPS) is 12.0. The van der Waals surface area contributed by atoms with Gasteiger partial charge in [0.25, 0.3) is 0 Å². The summed E-state index contributed by atoms with van der Waals surface area (Å²) in [7, 11) is 0. The van der Waals surface area contributed by atoms with Crippen LogP contribution >= 0.6 is 28.6 Å². The molecule has 6 nitrogen and oxygen atoms in total. The van der Waals surface area contributed by atoms with Crippen LogP contribution in [0.25, 0.3) is 0 Å². The number of thiol groups is 1. The fourth-order valence-corrected chi connectivity index (χ4v) is 2.07. The molecule has 0 radical (unpaired) electrons. The lowest BCUT2D eigenvalue weighted by Gasteiger charge is -2.14. The first-order valence-corrected chi connectivity index (χ1v) is 7.66. The molecule has 1 aromatic heterocycles. The van der Waals surface area contributed by atoms with Crippen molar-refractivity contribution in [3.05, 3.63) is 16.4 Å². The Bertz CT molecular complexity index is 459. The van der Waals surface area contributed by atoms with Crippen LogP contribution in [0.4, 0.5) is 0 Å². The molecule has 0 saturated carbocycles. The Labute approximate surface area is 131 Å². The van der Waals surface area contributed by atoms with Crippen LogP contribution in [-0.4, -0.2) is 40.1 Å². The molecule has 0 aliphatic carbocycles. The summed E-state index contributed by atoms with van der Waals surface area (Å²) < 4.78 is 7.43. The topological polar surface area (TPSA) is 73.2 Å². The van der Waals surface area contributed by atoms with Crippen molar-refractivity contribution in [1.82, 2.24) is 15.1 Å². The smallest absolute Gasteiger partial charge is 0.329 e. The average molecular weight is 364 g/mol. The summed E-state index contributed by atoms with van der Waals surface area (Å²) in [5.41, 5.74) is 0.866. The number of hydrogen-bond donors (Lipinski definition) is 2. The summed E-state index contributed by atoms with van der Waals surface area (Å²) >= 11 is 7.39. The molecule has 0 aromatic carbocycles. The zero-order valence-corrected chi connectivity index (χ0v) is 13.9. The van der Waals surface area contributed by atoms with Crippen LogP contribution in [-0.2, 0) is 20.9 Å². The van der Waals surface area contributed by atoms with Crippen LogP contribution in [0.5, 0.6) is 0 Å². The van der Waals surface area contributed by atoms with E-state index in [9.17, 15) is 9.59 Å². The lowest BCUT2D eigenvalue weighted by Crippen LogP contribution is -2.43. The Kier molecular flexibility index (Phi) is 7.08. The second-order valence-corrected chi connectivity index (χ2v) is 5.35. The number of ether oxygens (including phenoxy) is 1. The van der Waals surface area contributed by atoms with Gasteiger partial charge in [0.1, 0.15) is 6.04 Å². The van der Waals surface area contributed by atoms with E-state index in [-0.39, 0.29) is 24.7 Å². The van der Waals surface area contributed by atoms with Gasteiger partial charge in [0.15, 0.2) is 0 Å². The molecule has 20 heavy (non-hydrogen) atoms. The van der Waals surface area contributed by atoms with Crippen LogP contribution in [0.1, 0.15) is 19.0 Å². The molecule has 1 heterocycles. The maximum atomic E-state index is 11.8. The molecule has 0 aliphatic rings. The number of rotatable bonds is 7. The fourth-order valence-electron chi connectivity index (χ4n) is 1.51. The van der Waals surface area contributed by atoms with Gasteiger partial charge >= 0.3 is 5.97 Å². The highest BCUT2D eigenvalue weighted by molar-refractivity contribution is 9.10. The SMILES string of the molecule is CCOC(=O)[C@H](CS)NC(=O)CCn1cc(Br)c(C)n1. The van der Waals surface area contributed by atoms with Crippen molar-refractivity contribution < 1.29 is 14.3 Å². The second-order valence-electron chi connectivity index (χ2n) is 4.13. The van der Waals surface area contributed by atoms with Gasteiger partial charge in [-0.25, -0.2) is 4.79 Å². The Hall–Kier alpha value is -1.02. The van der Waals surface area contributed by atoms with E-state index >= 15 is 0 Å². The van der Waals surface area contributed by atoms with Gasteiger partial charge in [-0.2, -0.15) is 17.7 Å². The lowest BCUT2D eigenvalue weighted by molar-refractivity contribution is -0.146. The van der Waals surface area contributed by atoms with Gasteiger partial charge in [-0.1, -0.05) is 0 Å². The van der Waals surface area contributed by atoms with E-state index < -0.39 is 12.0 Å². The number of halogens is 1. The minimum Gasteiger partial charge on any atom is -0.464 e. The number of hydrogen-bond acceptors (Lipinski definition) is 5. The highest BCUT2D eigenvalue weighted by Gasteiger charge is 2.20. The standard InChI is InChI=1S/C12H18BrN3O3S/c1-3-19-12(18)10(7-20)14-11(17)4-5-16-6-9(13)8(2)15-16/h6,10,20H,3-5,7H2,1-2H3,(H,14,17)/t10-/m0/s1. The molecule has 0 aliphatic heterocycles. The molecule has 112 valence electrons. The van der Waals surface area contributed by atoms with E-state index in [1.165, 1.54) is 0 Å². The number of esters is 1. The second kappa shape index (κ2) is 8.31. The quantitative estimate of drug-likeness (QED) is 0.566. The van der Waals surface area contributed by atoms with Gasteiger partial charge in [0, 0.05) is 24.9 Å². The van der Waals surface area contributed by atoms with Gasteiger partial charge in [-0.3, -0.25) is 9.48 Å². The van der Waals surface area contributed by atoms with Crippen molar-refractivity contribution in [3.8, 4) is 0 Å². The first-order chi connectivity index (χ1) is 9.47. The molecule has 0 saturated heterocycles. The van der Waals surface area contributed by atoms with E-state index in [1.54, 1.807) is 11.6 Å². The van der Waals surface area contributed by atoms with Crippen LogP contribution in [0.3, 0.4) is 0 Å². The summed E-state index contributed by atoms with van der Waals surface area (Å²) in [6, 6.07) is -0.711. The molecule has 8 heteroatoms. The van der Waals surface area contributed by atoms with E-state index in [0.717, 1.165) is 10.2 Å². The van der Waals surface area contributed by atoms with Gasteiger partial charge in [-0.05, 0) is 29.8 Å².